The SMILES string of the molecule is O=[N+]([O-])c1cccc(Cl)c1NC1CCCc2sccc21. The van der Waals surface area contributed by atoms with Gasteiger partial charge < -0.3 is 5.32 Å². The van der Waals surface area contributed by atoms with Gasteiger partial charge in [-0.1, -0.05) is 17.7 Å². The highest BCUT2D eigenvalue weighted by Gasteiger charge is 2.25. The number of benzene rings is 1. The molecule has 6 heteroatoms. The van der Waals surface area contributed by atoms with Crippen molar-refractivity contribution in [2.24, 2.45) is 0 Å². The number of nitro benzene ring substituents is 1. The molecule has 3 rings (SSSR count). The summed E-state index contributed by atoms with van der Waals surface area (Å²) in [5.41, 5.74) is 1.69. The first-order valence-electron chi connectivity index (χ1n) is 6.42. The van der Waals surface area contributed by atoms with Crippen molar-refractivity contribution in [3.63, 3.8) is 0 Å². The minimum Gasteiger partial charge on any atom is -0.371 e. The number of nitrogens with one attached hydrogen (secondary N) is 1. The number of anilines is 1. The van der Waals surface area contributed by atoms with Gasteiger partial charge in [0.15, 0.2) is 0 Å². The molecule has 1 unspecified atom stereocenters. The van der Waals surface area contributed by atoms with Crippen LogP contribution in [0.25, 0.3) is 0 Å². The van der Waals surface area contributed by atoms with Gasteiger partial charge in [-0.25, -0.2) is 0 Å². The van der Waals surface area contributed by atoms with Crippen LogP contribution in [0.1, 0.15) is 29.3 Å². The highest BCUT2D eigenvalue weighted by Crippen LogP contribution is 2.39. The predicted octanol–water partition coefficient (Wildman–Crippen LogP) is 4.80. The fraction of sp³-hybridized carbons (Fsp3) is 0.286. The van der Waals surface area contributed by atoms with Crippen LogP contribution in [-0.2, 0) is 6.42 Å². The lowest BCUT2D eigenvalue weighted by atomic mass is 9.94. The van der Waals surface area contributed by atoms with E-state index in [2.05, 4.69) is 16.8 Å². The summed E-state index contributed by atoms with van der Waals surface area (Å²) in [6.45, 7) is 0. The van der Waals surface area contributed by atoms with E-state index in [0.717, 1.165) is 19.3 Å². The topological polar surface area (TPSA) is 55.2 Å². The Kier molecular flexibility index (Phi) is 3.63. The quantitative estimate of drug-likeness (QED) is 0.654. The Morgan fingerprint density at radius 1 is 1.40 bits per heavy atom. The third kappa shape index (κ3) is 2.39. The Balaban J connectivity index is 1.96. The maximum atomic E-state index is 11.1. The van der Waals surface area contributed by atoms with Gasteiger partial charge >= 0.3 is 0 Å². The summed E-state index contributed by atoms with van der Waals surface area (Å²) in [6, 6.07) is 6.95. The average molecular weight is 309 g/mol. The zero-order chi connectivity index (χ0) is 14.1. The first-order valence-corrected chi connectivity index (χ1v) is 7.68. The van der Waals surface area contributed by atoms with Crippen LogP contribution >= 0.6 is 22.9 Å². The van der Waals surface area contributed by atoms with Crippen LogP contribution in [0, 0.1) is 10.1 Å². The summed E-state index contributed by atoms with van der Waals surface area (Å²) in [4.78, 5) is 12.1. The monoisotopic (exact) mass is 308 g/mol. The number of aryl methyl sites for hydroxylation is 1. The maximum absolute atomic E-state index is 11.1. The lowest BCUT2D eigenvalue weighted by molar-refractivity contribution is -0.384. The lowest BCUT2D eigenvalue weighted by Crippen LogP contribution is -2.16. The van der Waals surface area contributed by atoms with E-state index in [-0.39, 0.29) is 11.7 Å². The van der Waals surface area contributed by atoms with Crippen molar-refractivity contribution in [2.45, 2.75) is 25.3 Å². The molecule has 0 saturated carbocycles. The molecule has 1 atom stereocenters. The molecule has 0 aliphatic heterocycles. The molecule has 2 aromatic rings. The van der Waals surface area contributed by atoms with E-state index >= 15 is 0 Å². The number of para-hydroxylation sites is 1. The zero-order valence-corrected chi connectivity index (χ0v) is 12.2. The van der Waals surface area contributed by atoms with Crippen molar-refractivity contribution >= 4 is 34.3 Å². The summed E-state index contributed by atoms with van der Waals surface area (Å²) in [7, 11) is 0. The van der Waals surface area contributed by atoms with E-state index in [4.69, 9.17) is 11.6 Å². The van der Waals surface area contributed by atoms with E-state index < -0.39 is 4.92 Å². The number of nitro groups is 1. The highest BCUT2D eigenvalue weighted by molar-refractivity contribution is 7.10. The number of nitrogens with zero attached hydrogens (tertiary/aromatic N) is 1. The van der Waals surface area contributed by atoms with Crippen LogP contribution in [-0.4, -0.2) is 4.92 Å². The second-order valence-corrected chi connectivity index (χ2v) is 6.19. The minimum atomic E-state index is -0.397. The van der Waals surface area contributed by atoms with E-state index in [1.54, 1.807) is 23.5 Å². The van der Waals surface area contributed by atoms with Gasteiger partial charge in [0.2, 0.25) is 0 Å². The molecule has 0 bridgehead atoms. The van der Waals surface area contributed by atoms with Gasteiger partial charge in [-0.15, -0.1) is 11.3 Å². The van der Waals surface area contributed by atoms with Crippen LogP contribution < -0.4 is 5.32 Å². The Labute approximate surface area is 125 Å². The first-order chi connectivity index (χ1) is 9.66. The van der Waals surface area contributed by atoms with Crippen LogP contribution in [0.5, 0.6) is 0 Å². The number of hydrogen-bond acceptors (Lipinski definition) is 4. The summed E-state index contributed by atoms with van der Waals surface area (Å²) < 4.78 is 0. The molecule has 1 N–H and O–H groups in total. The molecule has 0 radical (unpaired) electrons. The Hall–Kier alpha value is -1.59. The molecule has 1 aromatic carbocycles. The van der Waals surface area contributed by atoms with Crippen molar-refractivity contribution in [1.29, 1.82) is 0 Å². The van der Waals surface area contributed by atoms with Crippen LogP contribution in [0.4, 0.5) is 11.4 Å². The predicted molar refractivity (Wildman–Crippen MR) is 81.7 cm³/mol. The highest BCUT2D eigenvalue weighted by atomic mass is 35.5. The smallest absolute Gasteiger partial charge is 0.293 e. The van der Waals surface area contributed by atoms with Gasteiger partial charge in [0.25, 0.3) is 5.69 Å². The van der Waals surface area contributed by atoms with Crippen molar-refractivity contribution in [3.8, 4) is 0 Å². The average Bonchev–Trinajstić information content (AvgIpc) is 2.90. The summed E-state index contributed by atoms with van der Waals surface area (Å²) >= 11 is 7.88. The van der Waals surface area contributed by atoms with E-state index in [1.807, 2.05) is 0 Å². The molecule has 0 amide bonds. The Morgan fingerprint density at radius 2 is 2.25 bits per heavy atom. The Morgan fingerprint density at radius 3 is 3.05 bits per heavy atom. The van der Waals surface area contributed by atoms with Crippen molar-refractivity contribution in [3.05, 3.63) is 55.2 Å². The molecule has 1 heterocycles. The summed E-state index contributed by atoms with van der Waals surface area (Å²) in [6.07, 6.45) is 3.14. The van der Waals surface area contributed by atoms with Crippen molar-refractivity contribution < 1.29 is 4.92 Å². The molecule has 1 aromatic heterocycles. The Bertz CT molecular complexity index is 656. The fourth-order valence-corrected chi connectivity index (χ4v) is 3.83. The van der Waals surface area contributed by atoms with E-state index in [1.165, 1.54) is 16.5 Å². The summed E-state index contributed by atoms with van der Waals surface area (Å²) in [5.74, 6) is 0. The first kappa shape index (κ1) is 13.4. The van der Waals surface area contributed by atoms with Gasteiger partial charge in [-0.3, -0.25) is 10.1 Å². The van der Waals surface area contributed by atoms with Crippen LogP contribution in [0.15, 0.2) is 29.6 Å². The van der Waals surface area contributed by atoms with E-state index in [9.17, 15) is 10.1 Å². The molecule has 0 spiro atoms. The third-order valence-corrected chi connectivity index (χ3v) is 4.87. The summed E-state index contributed by atoms with van der Waals surface area (Å²) in [5, 5.41) is 16.9. The van der Waals surface area contributed by atoms with Gasteiger partial charge in [0.1, 0.15) is 5.69 Å². The maximum Gasteiger partial charge on any atom is 0.293 e. The molecule has 104 valence electrons. The third-order valence-electron chi connectivity index (χ3n) is 3.56. The van der Waals surface area contributed by atoms with Gasteiger partial charge in [-0.05, 0) is 42.3 Å². The molecule has 20 heavy (non-hydrogen) atoms. The molecular formula is C14H13ClN2O2S. The number of halogens is 1. The molecule has 1 aliphatic rings. The van der Waals surface area contributed by atoms with Crippen LogP contribution in [0.3, 0.4) is 0 Å². The number of rotatable bonds is 3. The second-order valence-electron chi connectivity index (χ2n) is 4.78. The molecular weight excluding hydrogens is 296 g/mol. The van der Waals surface area contributed by atoms with Gasteiger partial charge in [0, 0.05) is 10.9 Å². The molecule has 0 saturated heterocycles. The molecule has 0 fully saturated rings. The van der Waals surface area contributed by atoms with Crippen LogP contribution in [0.2, 0.25) is 5.02 Å². The standard InChI is InChI=1S/C14H13ClN2O2S/c15-10-3-1-5-12(17(18)19)14(10)16-11-4-2-6-13-9(11)7-8-20-13/h1,3,5,7-8,11,16H,2,4,6H2. The lowest BCUT2D eigenvalue weighted by Gasteiger charge is -2.25. The number of thiophene rings is 1. The van der Waals surface area contributed by atoms with E-state index in [0.29, 0.717) is 10.7 Å². The largest absolute Gasteiger partial charge is 0.371 e. The number of hydrogen-bond donors (Lipinski definition) is 1. The van der Waals surface area contributed by atoms with Gasteiger partial charge in [-0.2, -0.15) is 0 Å². The normalized spacial score (nSPS) is 17.6. The fourth-order valence-electron chi connectivity index (χ4n) is 2.62. The van der Waals surface area contributed by atoms with Gasteiger partial charge in [0.05, 0.1) is 16.0 Å². The zero-order valence-electron chi connectivity index (χ0n) is 10.6. The van der Waals surface area contributed by atoms with Crippen molar-refractivity contribution in [2.75, 3.05) is 5.32 Å². The van der Waals surface area contributed by atoms with Crippen molar-refractivity contribution in [1.82, 2.24) is 0 Å². The second kappa shape index (κ2) is 5.42. The molecule has 1 aliphatic carbocycles. The molecule has 4 nitrogen and oxygen atoms in total. The minimum absolute atomic E-state index is 0.0276. The number of fused-ring (bicyclic) bond motifs is 1.